The third-order valence-corrected chi connectivity index (χ3v) is 5.36. The smallest absolute Gasteiger partial charge is 0.324 e. The number of anilines is 2. The third-order valence-electron chi connectivity index (χ3n) is 5.36. The molecular weight excluding hydrogens is 397 g/mol. The lowest BCUT2D eigenvalue weighted by Gasteiger charge is -2.32. The van der Waals surface area contributed by atoms with Crippen molar-refractivity contribution in [2.24, 2.45) is 0 Å². The Hall–Kier alpha value is -3.68. The van der Waals surface area contributed by atoms with Crippen molar-refractivity contribution in [3.8, 4) is 0 Å². The van der Waals surface area contributed by atoms with Gasteiger partial charge < -0.3 is 10.2 Å². The predicted octanol–water partition coefficient (Wildman–Crippen LogP) is 4.45. The van der Waals surface area contributed by atoms with Crippen LogP contribution in [0.5, 0.6) is 0 Å². The molecule has 3 aromatic rings. The fourth-order valence-electron chi connectivity index (χ4n) is 3.82. The maximum atomic E-state index is 13.3. The second kappa shape index (κ2) is 8.99. The van der Waals surface area contributed by atoms with E-state index in [4.69, 9.17) is 0 Å². The molecule has 2 aromatic carbocycles. The second-order valence-electron chi connectivity index (χ2n) is 7.64. The van der Waals surface area contributed by atoms with Gasteiger partial charge in [0, 0.05) is 30.4 Å². The number of urea groups is 1. The number of benzene rings is 2. The Kier molecular flexibility index (Phi) is 5.97. The Balaban J connectivity index is 1.36. The Labute approximate surface area is 179 Å². The van der Waals surface area contributed by atoms with Crippen LogP contribution in [-0.2, 0) is 0 Å². The summed E-state index contributed by atoms with van der Waals surface area (Å²) in [4.78, 5) is 26.9. The van der Waals surface area contributed by atoms with Crippen molar-refractivity contribution in [3.05, 3.63) is 77.7 Å². The molecule has 8 heteroatoms. The fourth-order valence-corrected chi connectivity index (χ4v) is 3.82. The summed E-state index contributed by atoms with van der Waals surface area (Å²) in [7, 11) is 0. The number of hydrogen-bond donors (Lipinski definition) is 2. The zero-order chi connectivity index (χ0) is 21.8. The van der Waals surface area contributed by atoms with Gasteiger partial charge in [0.2, 0.25) is 0 Å². The standard InChI is InChI=1S/C23H24FN5O2/c1-16-4-2-5-17(14-16)22(30)28-12-9-20(10-13-28)29-21(8-11-25-29)27-23(31)26-19-7-3-6-18(24)15-19/h2-8,11,14-15,20H,9-10,12-13H2,1H3,(H2,26,27,31). The number of nitrogens with zero attached hydrogens (tertiary/aromatic N) is 3. The number of carbonyl (C=O) groups is 2. The third kappa shape index (κ3) is 4.91. The molecule has 1 fully saturated rings. The van der Waals surface area contributed by atoms with Gasteiger partial charge in [-0.05, 0) is 50.1 Å². The highest BCUT2D eigenvalue weighted by Gasteiger charge is 2.26. The zero-order valence-electron chi connectivity index (χ0n) is 17.2. The number of amides is 3. The van der Waals surface area contributed by atoms with Crippen LogP contribution in [0.4, 0.5) is 20.7 Å². The summed E-state index contributed by atoms with van der Waals surface area (Å²) < 4.78 is 15.1. The van der Waals surface area contributed by atoms with Crippen molar-refractivity contribution in [1.82, 2.24) is 14.7 Å². The Bertz CT molecular complexity index is 1090. The fraction of sp³-hybridized carbons (Fsp3) is 0.261. The van der Waals surface area contributed by atoms with Crippen LogP contribution in [0.15, 0.2) is 60.8 Å². The minimum Gasteiger partial charge on any atom is -0.338 e. The van der Waals surface area contributed by atoms with Gasteiger partial charge in [0.05, 0.1) is 12.2 Å². The summed E-state index contributed by atoms with van der Waals surface area (Å²) in [6.07, 6.45) is 3.10. The molecule has 1 aliphatic heterocycles. The first-order valence-corrected chi connectivity index (χ1v) is 10.2. The van der Waals surface area contributed by atoms with Crippen molar-refractivity contribution in [1.29, 1.82) is 0 Å². The van der Waals surface area contributed by atoms with Gasteiger partial charge in [-0.25, -0.2) is 13.9 Å². The van der Waals surface area contributed by atoms with Gasteiger partial charge in [-0.2, -0.15) is 5.10 Å². The summed E-state index contributed by atoms with van der Waals surface area (Å²) in [6, 6.07) is 14.6. The normalized spacial score (nSPS) is 14.3. The molecule has 1 saturated heterocycles. The average molecular weight is 421 g/mol. The monoisotopic (exact) mass is 421 g/mol. The molecule has 0 radical (unpaired) electrons. The molecule has 0 unspecified atom stereocenters. The van der Waals surface area contributed by atoms with E-state index in [1.165, 1.54) is 18.2 Å². The van der Waals surface area contributed by atoms with E-state index in [1.807, 2.05) is 36.1 Å². The molecule has 1 aliphatic rings. The number of likely N-dealkylation sites (tertiary alicyclic amines) is 1. The number of rotatable bonds is 4. The summed E-state index contributed by atoms with van der Waals surface area (Å²) >= 11 is 0. The van der Waals surface area contributed by atoms with E-state index in [-0.39, 0.29) is 11.9 Å². The highest BCUT2D eigenvalue weighted by molar-refractivity contribution is 5.99. The van der Waals surface area contributed by atoms with Crippen LogP contribution < -0.4 is 10.6 Å². The molecule has 0 spiro atoms. The number of nitrogens with one attached hydrogen (secondary N) is 2. The van der Waals surface area contributed by atoms with E-state index in [0.29, 0.717) is 30.2 Å². The zero-order valence-corrected chi connectivity index (χ0v) is 17.2. The number of halogens is 1. The molecule has 160 valence electrons. The van der Waals surface area contributed by atoms with Crippen LogP contribution in [0.2, 0.25) is 0 Å². The molecule has 3 amide bonds. The topological polar surface area (TPSA) is 79.3 Å². The van der Waals surface area contributed by atoms with E-state index in [9.17, 15) is 14.0 Å². The molecule has 4 rings (SSSR count). The van der Waals surface area contributed by atoms with Crippen LogP contribution >= 0.6 is 0 Å². The summed E-state index contributed by atoms with van der Waals surface area (Å²) in [6.45, 7) is 3.21. The van der Waals surface area contributed by atoms with Crippen LogP contribution in [0.25, 0.3) is 0 Å². The largest absolute Gasteiger partial charge is 0.338 e. The summed E-state index contributed by atoms with van der Waals surface area (Å²) in [5, 5.41) is 9.75. The second-order valence-corrected chi connectivity index (χ2v) is 7.64. The lowest BCUT2D eigenvalue weighted by molar-refractivity contribution is 0.0691. The van der Waals surface area contributed by atoms with Crippen molar-refractivity contribution < 1.29 is 14.0 Å². The van der Waals surface area contributed by atoms with Gasteiger partial charge >= 0.3 is 6.03 Å². The molecule has 1 aromatic heterocycles. The SMILES string of the molecule is Cc1cccc(C(=O)N2CCC(n3nccc3NC(=O)Nc3cccc(F)c3)CC2)c1. The van der Waals surface area contributed by atoms with Crippen LogP contribution in [0.3, 0.4) is 0 Å². The molecule has 7 nitrogen and oxygen atoms in total. The van der Waals surface area contributed by atoms with E-state index >= 15 is 0 Å². The predicted molar refractivity (Wildman–Crippen MR) is 117 cm³/mol. The van der Waals surface area contributed by atoms with Gasteiger partial charge in [-0.15, -0.1) is 0 Å². The summed E-state index contributed by atoms with van der Waals surface area (Å²) in [5.41, 5.74) is 2.13. The lowest BCUT2D eigenvalue weighted by Crippen LogP contribution is -2.39. The minimum absolute atomic E-state index is 0.0374. The van der Waals surface area contributed by atoms with E-state index in [2.05, 4.69) is 15.7 Å². The molecular formula is C23H24FN5O2. The Morgan fingerprint density at radius 3 is 2.55 bits per heavy atom. The lowest BCUT2D eigenvalue weighted by atomic mass is 10.0. The Morgan fingerprint density at radius 2 is 1.81 bits per heavy atom. The first-order valence-electron chi connectivity index (χ1n) is 10.2. The molecule has 0 atom stereocenters. The molecule has 0 bridgehead atoms. The van der Waals surface area contributed by atoms with Crippen molar-refractivity contribution in [2.75, 3.05) is 23.7 Å². The van der Waals surface area contributed by atoms with Crippen molar-refractivity contribution in [2.45, 2.75) is 25.8 Å². The van der Waals surface area contributed by atoms with Gasteiger partial charge in [-0.3, -0.25) is 10.1 Å². The van der Waals surface area contributed by atoms with Gasteiger partial charge in [0.15, 0.2) is 0 Å². The number of piperidine rings is 1. The number of aromatic nitrogens is 2. The van der Waals surface area contributed by atoms with Gasteiger partial charge in [-0.1, -0.05) is 23.8 Å². The van der Waals surface area contributed by atoms with Crippen LogP contribution in [-0.4, -0.2) is 39.7 Å². The van der Waals surface area contributed by atoms with E-state index in [1.54, 1.807) is 23.0 Å². The van der Waals surface area contributed by atoms with Gasteiger partial charge in [0.25, 0.3) is 5.91 Å². The quantitative estimate of drug-likeness (QED) is 0.653. The number of aryl methyl sites for hydroxylation is 1. The average Bonchev–Trinajstić information content (AvgIpc) is 3.21. The molecule has 2 N–H and O–H groups in total. The maximum absolute atomic E-state index is 13.3. The van der Waals surface area contributed by atoms with Gasteiger partial charge in [0.1, 0.15) is 11.6 Å². The summed E-state index contributed by atoms with van der Waals surface area (Å²) in [5.74, 6) is 0.169. The first kappa shape index (κ1) is 20.6. The number of carbonyl (C=O) groups excluding carboxylic acids is 2. The van der Waals surface area contributed by atoms with Crippen LogP contribution in [0.1, 0.15) is 34.8 Å². The van der Waals surface area contributed by atoms with Crippen molar-refractivity contribution >= 4 is 23.4 Å². The van der Waals surface area contributed by atoms with E-state index < -0.39 is 11.8 Å². The van der Waals surface area contributed by atoms with Crippen LogP contribution in [0, 0.1) is 12.7 Å². The maximum Gasteiger partial charge on any atom is 0.324 e. The van der Waals surface area contributed by atoms with E-state index in [0.717, 1.165) is 18.4 Å². The highest BCUT2D eigenvalue weighted by atomic mass is 19.1. The minimum atomic E-state index is -0.473. The molecule has 2 heterocycles. The molecule has 0 aliphatic carbocycles. The Morgan fingerprint density at radius 1 is 1.03 bits per heavy atom. The molecule has 31 heavy (non-hydrogen) atoms. The molecule has 0 saturated carbocycles. The highest BCUT2D eigenvalue weighted by Crippen LogP contribution is 2.26. The number of hydrogen-bond acceptors (Lipinski definition) is 3. The first-order chi connectivity index (χ1) is 15.0. The van der Waals surface area contributed by atoms with Crippen molar-refractivity contribution in [3.63, 3.8) is 0 Å².